The van der Waals surface area contributed by atoms with Crippen molar-refractivity contribution in [2.45, 2.75) is 125 Å². The number of methoxy groups -OCH3 is 1. The fourth-order valence-electron chi connectivity index (χ4n) is 13.9. The van der Waals surface area contributed by atoms with E-state index >= 15 is 4.39 Å². The Balaban J connectivity index is 1.08. The van der Waals surface area contributed by atoms with Crippen LogP contribution in [0.5, 0.6) is 0 Å². The highest BCUT2D eigenvalue weighted by atomic mass is 19.1. The lowest BCUT2D eigenvalue weighted by Gasteiger charge is -2.72. The Morgan fingerprint density at radius 3 is 2.22 bits per heavy atom. The Kier molecular flexibility index (Phi) is 10.2. The van der Waals surface area contributed by atoms with Gasteiger partial charge in [0.05, 0.1) is 24.2 Å². The van der Waals surface area contributed by atoms with Crippen LogP contribution in [0.2, 0.25) is 0 Å². The van der Waals surface area contributed by atoms with Crippen LogP contribution in [0.4, 0.5) is 4.39 Å². The molecule has 0 bridgehead atoms. The third kappa shape index (κ3) is 6.19. The summed E-state index contributed by atoms with van der Waals surface area (Å²) in [4.78, 5) is 39.6. The summed E-state index contributed by atoms with van der Waals surface area (Å²) in [6.07, 6.45) is 9.85. The second-order valence-electron chi connectivity index (χ2n) is 19.6. The summed E-state index contributed by atoms with van der Waals surface area (Å²) in [6, 6.07) is 11.1. The molecule has 3 N–H and O–H groups in total. The second kappa shape index (κ2) is 14.1. The summed E-state index contributed by atoms with van der Waals surface area (Å²) in [6.45, 7) is 19.2. The number of esters is 1. The first-order chi connectivity index (χ1) is 25.9. The summed E-state index contributed by atoms with van der Waals surface area (Å²) in [5.74, 6) is 0.697. The van der Waals surface area contributed by atoms with E-state index in [4.69, 9.17) is 4.74 Å². The van der Waals surface area contributed by atoms with E-state index in [0.717, 1.165) is 69.8 Å². The molecular formula is C47H63FN2O5. The van der Waals surface area contributed by atoms with Gasteiger partial charge < -0.3 is 20.5 Å². The van der Waals surface area contributed by atoms with Crippen LogP contribution in [-0.4, -0.2) is 36.1 Å². The molecule has 5 saturated carbocycles. The number of fused-ring (bicyclic) bond motifs is 7. The van der Waals surface area contributed by atoms with Gasteiger partial charge in [-0.25, -0.2) is 9.18 Å². The number of ether oxygens (including phenoxy) is 1. The maximum Gasteiger partial charge on any atom is 0.337 e. The molecule has 0 radical (unpaired) electrons. The number of benzene rings is 2. The number of nitrogens with one attached hydrogen (secondary N) is 2. The average molecular weight is 755 g/mol. The molecule has 5 fully saturated rings. The molecule has 2 aromatic carbocycles. The van der Waals surface area contributed by atoms with Gasteiger partial charge in [0, 0.05) is 24.2 Å². The first kappa shape index (κ1) is 39.7. The molecule has 0 aliphatic heterocycles. The molecule has 7 rings (SSSR count). The van der Waals surface area contributed by atoms with E-state index in [1.165, 1.54) is 30.9 Å². The van der Waals surface area contributed by atoms with E-state index in [1.807, 2.05) is 0 Å². The van der Waals surface area contributed by atoms with E-state index in [1.54, 1.807) is 24.3 Å². The minimum atomic E-state index is -0.538. The Morgan fingerprint density at radius 2 is 1.53 bits per heavy atom. The maximum atomic E-state index is 15.3. The van der Waals surface area contributed by atoms with Gasteiger partial charge in [0.1, 0.15) is 5.82 Å². The summed E-state index contributed by atoms with van der Waals surface area (Å²) in [7, 11) is 1.33. The van der Waals surface area contributed by atoms with E-state index in [9.17, 15) is 19.5 Å². The number of hydrogen-bond donors (Lipinski definition) is 3. The average Bonchev–Trinajstić information content (AvgIpc) is 3.56. The number of amides is 2. The predicted octanol–water partition coefficient (Wildman–Crippen LogP) is 9.18. The zero-order chi connectivity index (χ0) is 39.7. The van der Waals surface area contributed by atoms with Crippen LogP contribution < -0.4 is 10.6 Å². The summed E-state index contributed by atoms with van der Waals surface area (Å²) in [5, 5.41) is 17.2. The molecule has 2 amide bonds. The Hall–Kier alpha value is -3.52. The lowest BCUT2D eigenvalue weighted by atomic mass is 9.32. The second-order valence-corrected chi connectivity index (χ2v) is 19.6. The monoisotopic (exact) mass is 754 g/mol. The number of halogens is 1. The van der Waals surface area contributed by atoms with Crippen molar-refractivity contribution in [1.82, 2.24) is 10.6 Å². The van der Waals surface area contributed by atoms with Gasteiger partial charge in [-0.2, -0.15) is 0 Å². The van der Waals surface area contributed by atoms with Gasteiger partial charge in [-0.3, -0.25) is 9.59 Å². The number of aliphatic hydroxyl groups is 1. The number of carbonyl (C=O) groups is 3. The minimum absolute atomic E-state index is 0.0100. The van der Waals surface area contributed by atoms with Gasteiger partial charge in [0.2, 0.25) is 5.91 Å². The molecule has 55 heavy (non-hydrogen) atoms. The normalized spacial score (nSPS) is 37.3. The highest BCUT2D eigenvalue weighted by molar-refractivity contribution is 5.94. The lowest BCUT2D eigenvalue weighted by Crippen LogP contribution is -2.67. The molecule has 10 atom stereocenters. The number of carbonyl (C=O) groups excluding carboxylic acids is 3. The van der Waals surface area contributed by atoms with Gasteiger partial charge in [-0.05, 0) is 158 Å². The zero-order valence-electron chi connectivity index (χ0n) is 34.2. The van der Waals surface area contributed by atoms with Crippen molar-refractivity contribution in [3.8, 4) is 0 Å². The standard InChI is InChI=1S/C47H63FN2O5/c1-28(2)33-17-22-47(42(54)50-27-32-25-31(13-15-35(32)48)40(52)49-26-29-9-11-30(12-10-29)41(53)55-8)24-23-45(6)34(39(33)47)14-16-37-44(5)20-19-38(51)43(3,4)36(44)18-21-46(37,45)7/h9-13,15,25,33-34,36-39,51H,1,14,16-24,26-27H2,2-8H3,(H,49,52)(H,50,54)/t33-,34?,36?,37?,38-,39?,44-,45+,46+,47-/m0/s1. The van der Waals surface area contributed by atoms with Gasteiger partial charge >= 0.3 is 5.97 Å². The number of rotatable bonds is 8. The van der Waals surface area contributed by atoms with E-state index in [2.05, 4.69) is 58.8 Å². The summed E-state index contributed by atoms with van der Waals surface area (Å²) in [5.41, 5.74) is 2.77. The molecule has 2 aromatic rings. The van der Waals surface area contributed by atoms with Crippen LogP contribution in [0, 0.1) is 62.5 Å². The smallest absolute Gasteiger partial charge is 0.337 e. The molecule has 0 saturated heterocycles. The lowest BCUT2D eigenvalue weighted by molar-refractivity contribution is -0.246. The highest BCUT2D eigenvalue weighted by Crippen LogP contribution is 2.77. The fraction of sp³-hybridized carbons (Fsp3) is 0.638. The highest BCUT2D eigenvalue weighted by Gasteiger charge is 2.71. The third-order valence-corrected chi connectivity index (χ3v) is 17.1. The molecule has 4 unspecified atom stereocenters. The van der Waals surface area contributed by atoms with E-state index in [0.29, 0.717) is 28.9 Å². The topological polar surface area (TPSA) is 105 Å². The predicted molar refractivity (Wildman–Crippen MR) is 212 cm³/mol. The molecular weight excluding hydrogens is 692 g/mol. The van der Waals surface area contributed by atoms with Crippen molar-refractivity contribution < 1.29 is 28.6 Å². The fourth-order valence-corrected chi connectivity index (χ4v) is 13.9. The van der Waals surface area contributed by atoms with Crippen molar-refractivity contribution in [2.24, 2.45) is 56.7 Å². The van der Waals surface area contributed by atoms with Crippen molar-refractivity contribution in [2.75, 3.05) is 7.11 Å². The van der Waals surface area contributed by atoms with Crippen LogP contribution in [0.1, 0.15) is 138 Å². The quantitative estimate of drug-likeness (QED) is 0.184. The molecule has 0 aromatic heterocycles. The van der Waals surface area contributed by atoms with Gasteiger partial charge in [-0.15, -0.1) is 0 Å². The van der Waals surface area contributed by atoms with Crippen LogP contribution >= 0.6 is 0 Å². The first-order valence-electron chi connectivity index (χ1n) is 20.8. The van der Waals surface area contributed by atoms with Gasteiger partial charge in [0.25, 0.3) is 5.91 Å². The molecule has 5 aliphatic carbocycles. The molecule has 5 aliphatic rings. The Bertz CT molecular complexity index is 1860. The Labute approximate surface area is 327 Å². The molecule has 0 heterocycles. The van der Waals surface area contributed by atoms with Crippen molar-refractivity contribution >= 4 is 17.8 Å². The van der Waals surface area contributed by atoms with Crippen LogP contribution in [0.25, 0.3) is 0 Å². The summed E-state index contributed by atoms with van der Waals surface area (Å²) >= 11 is 0. The van der Waals surface area contributed by atoms with Crippen LogP contribution in [0.15, 0.2) is 54.6 Å². The maximum absolute atomic E-state index is 15.3. The molecule has 0 spiro atoms. The first-order valence-corrected chi connectivity index (χ1v) is 20.8. The van der Waals surface area contributed by atoms with E-state index < -0.39 is 17.2 Å². The molecule has 7 nitrogen and oxygen atoms in total. The summed E-state index contributed by atoms with van der Waals surface area (Å²) < 4.78 is 20.0. The van der Waals surface area contributed by atoms with Gasteiger partial charge in [0.15, 0.2) is 0 Å². The largest absolute Gasteiger partial charge is 0.465 e. The SMILES string of the molecule is C=C(C)[C@@H]1CC[C@]2(C(=O)NCc3cc(C(=O)NCc4ccc(C(=O)OC)cc4)ccc3F)CC[C@]3(C)C(CCC4[C@@]5(C)CC[C@H](O)C(C)(C)C5CC[C@]43C)C12. The zero-order valence-corrected chi connectivity index (χ0v) is 34.2. The molecule has 8 heteroatoms. The van der Waals surface area contributed by atoms with Gasteiger partial charge in [-0.1, -0.05) is 58.9 Å². The molecule has 298 valence electrons. The number of hydrogen-bond acceptors (Lipinski definition) is 5. The van der Waals surface area contributed by atoms with Crippen molar-refractivity contribution in [3.05, 3.63) is 82.7 Å². The minimum Gasteiger partial charge on any atom is -0.465 e. The number of allylic oxidation sites excluding steroid dienone is 1. The number of aliphatic hydroxyl groups excluding tert-OH is 1. The van der Waals surface area contributed by atoms with Crippen LogP contribution in [0.3, 0.4) is 0 Å². The third-order valence-electron chi connectivity index (χ3n) is 17.1. The van der Waals surface area contributed by atoms with Crippen molar-refractivity contribution in [3.63, 3.8) is 0 Å². The Morgan fingerprint density at radius 1 is 0.818 bits per heavy atom. The van der Waals surface area contributed by atoms with Crippen molar-refractivity contribution in [1.29, 1.82) is 0 Å². The van der Waals surface area contributed by atoms with Crippen LogP contribution in [-0.2, 0) is 22.6 Å². The van der Waals surface area contributed by atoms with E-state index in [-0.39, 0.29) is 70.1 Å².